The molecule has 0 rings (SSSR count). The summed E-state index contributed by atoms with van der Waals surface area (Å²) in [7, 11) is 1.69. The van der Waals surface area contributed by atoms with E-state index in [1.807, 2.05) is 6.08 Å². The highest BCUT2D eigenvalue weighted by molar-refractivity contribution is 5.79. The monoisotopic (exact) mass is 227 g/mol. The number of rotatable bonds is 7. The summed E-state index contributed by atoms with van der Waals surface area (Å²) in [5.41, 5.74) is 0. The number of carbonyl (C=O) groups excluding carboxylic acids is 2. The van der Waals surface area contributed by atoms with Gasteiger partial charge in [0, 0.05) is 20.5 Å². The van der Waals surface area contributed by atoms with Crippen LogP contribution in [0, 0.1) is 0 Å². The van der Waals surface area contributed by atoms with Gasteiger partial charge < -0.3 is 9.64 Å². The predicted octanol–water partition coefficient (Wildman–Crippen LogP) is 1.75. The molecule has 0 N–H and O–H groups in total. The van der Waals surface area contributed by atoms with Gasteiger partial charge in [-0.15, -0.1) is 0 Å². The molecule has 0 fully saturated rings. The molecule has 0 aromatic carbocycles. The first-order chi connectivity index (χ1) is 7.57. The molecular formula is C12H21NO3. The van der Waals surface area contributed by atoms with Crippen LogP contribution in [-0.2, 0) is 14.3 Å². The number of likely N-dealkylation sites (N-methyl/N-ethyl adjacent to an activating group) is 1. The van der Waals surface area contributed by atoms with E-state index in [9.17, 15) is 9.59 Å². The van der Waals surface area contributed by atoms with Crippen LogP contribution in [0.2, 0.25) is 0 Å². The summed E-state index contributed by atoms with van der Waals surface area (Å²) in [6, 6.07) is 0. The van der Waals surface area contributed by atoms with Crippen LogP contribution < -0.4 is 0 Å². The molecule has 4 heteroatoms. The molecule has 0 aliphatic rings. The normalized spacial score (nSPS) is 10.4. The molecule has 92 valence electrons. The van der Waals surface area contributed by atoms with E-state index in [-0.39, 0.29) is 12.5 Å². The Hall–Kier alpha value is -1.32. The van der Waals surface area contributed by atoms with E-state index in [0.29, 0.717) is 6.54 Å². The van der Waals surface area contributed by atoms with E-state index in [1.54, 1.807) is 7.05 Å². The van der Waals surface area contributed by atoms with Crippen molar-refractivity contribution >= 4 is 11.9 Å². The first kappa shape index (κ1) is 14.7. The first-order valence-corrected chi connectivity index (χ1v) is 5.60. The van der Waals surface area contributed by atoms with E-state index in [2.05, 4.69) is 17.7 Å². The van der Waals surface area contributed by atoms with Gasteiger partial charge in [-0.1, -0.05) is 31.9 Å². The number of hydrogen-bond acceptors (Lipinski definition) is 3. The summed E-state index contributed by atoms with van der Waals surface area (Å²) in [5, 5.41) is 0. The second-order valence-electron chi connectivity index (χ2n) is 3.67. The highest BCUT2D eigenvalue weighted by Crippen LogP contribution is 1.95. The molecule has 0 saturated carbocycles. The number of esters is 1. The van der Waals surface area contributed by atoms with E-state index < -0.39 is 5.97 Å². The Balaban J connectivity index is 3.70. The number of nitrogens with zero attached hydrogens (tertiary/aromatic N) is 1. The lowest BCUT2D eigenvalue weighted by Gasteiger charge is -2.14. The highest BCUT2D eigenvalue weighted by Gasteiger charge is 2.08. The number of hydrogen-bond donors (Lipinski definition) is 0. The van der Waals surface area contributed by atoms with Crippen LogP contribution in [0.3, 0.4) is 0 Å². The highest BCUT2D eigenvalue weighted by atomic mass is 16.5. The van der Waals surface area contributed by atoms with Crippen LogP contribution in [0.15, 0.2) is 12.2 Å². The molecule has 0 aromatic rings. The van der Waals surface area contributed by atoms with Crippen molar-refractivity contribution in [3.8, 4) is 0 Å². The van der Waals surface area contributed by atoms with Gasteiger partial charge in [-0.05, 0) is 6.42 Å². The minimum absolute atomic E-state index is 0.172. The zero-order valence-corrected chi connectivity index (χ0v) is 10.4. The molecular weight excluding hydrogens is 206 g/mol. The van der Waals surface area contributed by atoms with Crippen molar-refractivity contribution < 1.29 is 14.3 Å². The van der Waals surface area contributed by atoms with Gasteiger partial charge in [0.1, 0.15) is 0 Å². The first-order valence-electron chi connectivity index (χ1n) is 5.60. The predicted molar refractivity (Wildman–Crippen MR) is 62.9 cm³/mol. The number of unbranched alkanes of at least 4 members (excludes halogenated alkanes) is 2. The van der Waals surface area contributed by atoms with E-state index in [1.165, 1.54) is 24.7 Å². The molecule has 0 spiro atoms. The Bertz CT molecular complexity index is 249. The minimum atomic E-state index is -0.430. The lowest BCUT2D eigenvalue weighted by Crippen LogP contribution is -2.31. The third-order valence-corrected chi connectivity index (χ3v) is 2.09. The molecule has 0 radical (unpaired) electrons. The van der Waals surface area contributed by atoms with Crippen LogP contribution in [0.5, 0.6) is 0 Å². The largest absolute Gasteiger partial charge is 0.456 e. The topological polar surface area (TPSA) is 46.6 Å². The average Bonchev–Trinajstić information content (AvgIpc) is 2.25. The molecule has 0 heterocycles. The summed E-state index contributed by atoms with van der Waals surface area (Å²) in [4.78, 5) is 23.4. The smallest absolute Gasteiger partial charge is 0.303 e. The molecule has 0 aliphatic heterocycles. The SMILES string of the molecule is CCCC/C=C/CN(C)C(=O)COC(C)=O. The molecule has 0 bridgehead atoms. The van der Waals surface area contributed by atoms with Crippen molar-refractivity contribution in [3.05, 3.63) is 12.2 Å². The number of allylic oxidation sites excluding steroid dienone is 1. The molecule has 4 nitrogen and oxygen atoms in total. The number of ether oxygens (including phenoxy) is 1. The summed E-state index contributed by atoms with van der Waals surface area (Å²) >= 11 is 0. The second-order valence-corrected chi connectivity index (χ2v) is 3.67. The fourth-order valence-electron chi connectivity index (χ4n) is 1.05. The van der Waals surface area contributed by atoms with Crippen LogP contribution in [0.25, 0.3) is 0 Å². The Morgan fingerprint density at radius 2 is 2.00 bits per heavy atom. The quantitative estimate of drug-likeness (QED) is 0.378. The van der Waals surface area contributed by atoms with E-state index in [0.717, 1.165) is 6.42 Å². The van der Waals surface area contributed by atoms with E-state index in [4.69, 9.17) is 0 Å². The van der Waals surface area contributed by atoms with Gasteiger partial charge in [0.05, 0.1) is 0 Å². The Morgan fingerprint density at radius 3 is 2.56 bits per heavy atom. The van der Waals surface area contributed by atoms with Crippen LogP contribution in [0.1, 0.15) is 33.1 Å². The standard InChI is InChI=1S/C12H21NO3/c1-4-5-6-7-8-9-13(3)12(15)10-16-11(2)14/h7-8H,4-6,9-10H2,1-3H3/b8-7+. The lowest BCUT2D eigenvalue weighted by molar-refractivity contribution is -0.149. The molecule has 0 atom stereocenters. The zero-order chi connectivity index (χ0) is 12.4. The van der Waals surface area contributed by atoms with Crippen molar-refractivity contribution in [3.63, 3.8) is 0 Å². The summed E-state index contributed by atoms with van der Waals surface area (Å²) in [5.74, 6) is -0.615. The Morgan fingerprint density at radius 1 is 1.31 bits per heavy atom. The van der Waals surface area contributed by atoms with Crippen molar-refractivity contribution in [2.75, 3.05) is 20.2 Å². The molecule has 0 unspecified atom stereocenters. The van der Waals surface area contributed by atoms with Gasteiger partial charge in [0.2, 0.25) is 0 Å². The molecule has 1 amide bonds. The Labute approximate surface area is 97.3 Å². The van der Waals surface area contributed by atoms with Gasteiger partial charge in [-0.2, -0.15) is 0 Å². The van der Waals surface area contributed by atoms with Crippen LogP contribution in [0.4, 0.5) is 0 Å². The minimum Gasteiger partial charge on any atom is -0.456 e. The van der Waals surface area contributed by atoms with Gasteiger partial charge in [-0.3, -0.25) is 9.59 Å². The van der Waals surface area contributed by atoms with Crippen LogP contribution >= 0.6 is 0 Å². The fourth-order valence-corrected chi connectivity index (χ4v) is 1.05. The number of carbonyl (C=O) groups is 2. The maximum absolute atomic E-state index is 11.4. The third kappa shape index (κ3) is 8.03. The van der Waals surface area contributed by atoms with E-state index >= 15 is 0 Å². The van der Waals surface area contributed by atoms with Crippen LogP contribution in [-0.4, -0.2) is 37.0 Å². The van der Waals surface area contributed by atoms with Crippen molar-refractivity contribution in [1.82, 2.24) is 4.90 Å². The molecule has 16 heavy (non-hydrogen) atoms. The zero-order valence-electron chi connectivity index (χ0n) is 10.4. The van der Waals surface area contributed by atoms with Gasteiger partial charge in [-0.25, -0.2) is 0 Å². The van der Waals surface area contributed by atoms with Gasteiger partial charge in [0.25, 0.3) is 5.91 Å². The maximum Gasteiger partial charge on any atom is 0.303 e. The average molecular weight is 227 g/mol. The fraction of sp³-hybridized carbons (Fsp3) is 0.667. The molecule has 0 aromatic heterocycles. The van der Waals surface area contributed by atoms with Crippen molar-refractivity contribution in [2.45, 2.75) is 33.1 Å². The Kier molecular flexibility index (Phi) is 8.21. The summed E-state index contributed by atoms with van der Waals surface area (Å²) in [6.45, 7) is 3.82. The van der Waals surface area contributed by atoms with Crippen molar-refractivity contribution in [1.29, 1.82) is 0 Å². The summed E-state index contributed by atoms with van der Waals surface area (Å²) < 4.78 is 4.62. The third-order valence-electron chi connectivity index (χ3n) is 2.09. The van der Waals surface area contributed by atoms with Crippen molar-refractivity contribution in [2.24, 2.45) is 0 Å². The summed E-state index contributed by atoms with van der Waals surface area (Å²) in [6.07, 6.45) is 7.41. The second kappa shape index (κ2) is 8.95. The maximum atomic E-state index is 11.4. The lowest BCUT2D eigenvalue weighted by atomic mass is 10.2. The molecule has 0 saturated heterocycles. The number of amides is 1. The van der Waals surface area contributed by atoms with Gasteiger partial charge >= 0.3 is 5.97 Å². The molecule has 0 aliphatic carbocycles. The van der Waals surface area contributed by atoms with Gasteiger partial charge in [0.15, 0.2) is 6.61 Å².